The van der Waals surface area contributed by atoms with Gasteiger partial charge in [-0.25, -0.2) is 18.7 Å². The van der Waals surface area contributed by atoms with Crippen molar-refractivity contribution in [1.82, 2.24) is 19.9 Å². The van der Waals surface area contributed by atoms with Crippen LogP contribution in [0.3, 0.4) is 0 Å². The number of ether oxygens (including phenoxy) is 1. The van der Waals surface area contributed by atoms with Gasteiger partial charge in [-0.2, -0.15) is 0 Å². The number of nitrogens with two attached hydrogens (primary N) is 1. The van der Waals surface area contributed by atoms with E-state index in [2.05, 4.69) is 29.1 Å². The van der Waals surface area contributed by atoms with Crippen LogP contribution in [-0.2, 0) is 13.0 Å². The van der Waals surface area contributed by atoms with Gasteiger partial charge >= 0.3 is 0 Å². The predicted octanol–water partition coefficient (Wildman–Crippen LogP) is 4.37. The summed E-state index contributed by atoms with van der Waals surface area (Å²) < 4.78 is 37.4. The molecule has 0 radical (unpaired) electrons. The summed E-state index contributed by atoms with van der Waals surface area (Å²) in [6, 6.07) is 2.24. The summed E-state index contributed by atoms with van der Waals surface area (Å²) in [5.41, 5.74) is 7.71. The van der Waals surface area contributed by atoms with Gasteiger partial charge in [-0.05, 0) is 53.4 Å². The number of nitrogens with zero attached hydrogens (tertiary/aromatic N) is 3. The highest BCUT2D eigenvalue weighted by molar-refractivity contribution is 14.1. The molecular weight excluding hydrogens is 523 g/mol. The third-order valence-electron chi connectivity index (χ3n) is 4.89. The molecule has 6 nitrogen and oxygen atoms in total. The second-order valence-electron chi connectivity index (χ2n) is 7.35. The van der Waals surface area contributed by atoms with Crippen molar-refractivity contribution in [2.24, 2.45) is 0 Å². The van der Waals surface area contributed by atoms with E-state index in [0.29, 0.717) is 41.1 Å². The van der Waals surface area contributed by atoms with E-state index >= 15 is 4.39 Å². The molecule has 3 heterocycles. The largest absolute Gasteiger partial charge is 0.490 e. The molecule has 0 saturated carbocycles. The molecule has 10 heteroatoms. The molecule has 4 rings (SSSR count). The summed E-state index contributed by atoms with van der Waals surface area (Å²) >= 11 is 2.95. The van der Waals surface area contributed by atoms with E-state index in [4.69, 9.17) is 10.5 Å². The van der Waals surface area contributed by atoms with E-state index in [1.54, 1.807) is 6.20 Å². The quantitative estimate of drug-likeness (QED) is 0.261. The molecule has 3 N–H and O–H groups in total. The van der Waals surface area contributed by atoms with Gasteiger partial charge in [0.25, 0.3) is 0 Å². The maximum Gasteiger partial charge on any atom is 0.180 e. The molecule has 1 aliphatic heterocycles. The van der Waals surface area contributed by atoms with Crippen molar-refractivity contribution >= 4 is 51.2 Å². The Morgan fingerprint density at radius 3 is 2.93 bits per heavy atom. The molecule has 0 spiro atoms. The van der Waals surface area contributed by atoms with E-state index in [1.165, 1.54) is 0 Å². The molecule has 0 fully saturated rings. The van der Waals surface area contributed by atoms with Gasteiger partial charge in [-0.1, -0.05) is 13.8 Å². The number of hydrogen-bond acceptors (Lipinski definition) is 6. The van der Waals surface area contributed by atoms with Gasteiger partial charge in [0.05, 0.1) is 20.6 Å². The summed E-state index contributed by atoms with van der Waals surface area (Å²) in [5, 5.41) is 3.95. The first-order valence-corrected chi connectivity index (χ1v) is 11.6. The third-order valence-corrected chi connectivity index (χ3v) is 7.35. The Labute approximate surface area is 191 Å². The van der Waals surface area contributed by atoms with Crippen LogP contribution in [0.2, 0.25) is 0 Å². The number of aromatic nitrogens is 3. The highest BCUT2D eigenvalue weighted by atomic mass is 127. The molecule has 0 amide bonds. The van der Waals surface area contributed by atoms with Crippen LogP contribution in [0.15, 0.2) is 22.3 Å². The number of rotatable bonds is 7. The lowest BCUT2D eigenvalue weighted by atomic mass is 10.1. The Morgan fingerprint density at radius 1 is 1.37 bits per heavy atom. The van der Waals surface area contributed by atoms with E-state index in [0.717, 1.165) is 30.2 Å². The average molecular weight is 545 g/mol. The molecule has 30 heavy (non-hydrogen) atoms. The number of anilines is 1. The molecule has 1 aliphatic rings. The molecule has 0 unspecified atom stereocenters. The fourth-order valence-corrected chi connectivity index (χ4v) is 5.27. The van der Waals surface area contributed by atoms with E-state index < -0.39 is 11.6 Å². The van der Waals surface area contributed by atoms with Crippen molar-refractivity contribution < 1.29 is 13.5 Å². The van der Waals surface area contributed by atoms with Crippen LogP contribution >= 0.6 is 34.4 Å². The van der Waals surface area contributed by atoms with Gasteiger partial charge in [0.2, 0.25) is 0 Å². The van der Waals surface area contributed by atoms with Gasteiger partial charge in [0, 0.05) is 30.8 Å². The Morgan fingerprint density at radius 2 is 2.17 bits per heavy atom. The lowest BCUT2D eigenvalue weighted by Gasteiger charge is -2.13. The average Bonchev–Trinajstić information content (AvgIpc) is 3.33. The smallest absolute Gasteiger partial charge is 0.180 e. The summed E-state index contributed by atoms with van der Waals surface area (Å²) in [6.45, 7) is 5.97. The zero-order chi connectivity index (χ0) is 21.4. The minimum Gasteiger partial charge on any atom is -0.490 e. The SMILES string of the molecule is CC(C)NCCCn1c(Sc2c(F)c3c(c(F)c2I)OCC3)nc2c(N)nccc21. The minimum absolute atomic E-state index is 0.0305. The van der Waals surface area contributed by atoms with Crippen LogP contribution < -0.4 is 15.8 Å². The number of fused-ring (bicyclic) bond motifs is 2. The van der Waals surface area contributed by atoms with Crippen molar-refractivity contribution in [2.75, 3.05) is 18.9 Å². The zero-order valence-electron chi connectivity index (χ0n) is 16.6. The first kappa shape index (κ1) is 21.6. The molecule has 0 bridgehead atoms. The van der Waals surface area contributed by atoms with Crippen molar-refractivity contribution in [1.29, 1.82) is 0 Å². The standard InChI is InChI=1S/C20H22F2IN5OS/c1-10(2)25-6-3-8-28-12-4-7-26-19(24)16(12)27-20(28)30-18-13(21)11-5-9-29-17(11)14(22)15(18)23/h4,7,10,25H,3,5-6,8-9H2,1-2H3,(H2,24,26). The molecule has 1 aromatic carbocycles. The Hall–Kier alpha value is -1.66. The fraction of sp³-hybridized carbons (Fsp3) is 0.400. The van der Waals surface area contributed by atoms with E-state index in [1.807, 2.05) is 33.2 Å². The summed E-state index contributed by atoms with van der Waals surface area (Å²) in [6.07, 6.45) is 2.84. The molecule has 0 atom stereocenters. The Balaban J connectivity index is 1.73. The van der Waals surface area contributed by atoms with Gasteiger partial charge < -0.3 is 20.4 Å². The lowest BCUT2D eigenvalue weighted by Crippen LogP contribution is -2.24. The van der Waals surface area contributed by atoms with E-state index in [-0.39, 0.29) is 20.8 Å². The predicted molar refractivity (Wildman–Crippen MR) is 122 cm³/mol. The van der Waals surface area contributed by atoms with Crippen LogP contribution in [0.5, 0.6) is 5.75 Å². The first-order valence-electron chi connectivity index (χ1n) is 9.72. The molecule has 160 valence electrons. The Kier molecular flexibility index (Phi) is 6.35. The van der Waals surface area contributed by atoms with Gasteiger partial charge in [0.15, 0.2) is 22.5 Å². The fourth-order valence-electron chi connectivity index (χ4n) is 3.45. The van der Waals surface area contributed by atoms with Gasteiger partial charge in [-0.3, -0.25) is 0 Å². The van der Waals surface area contributed by atoms with Gasteiger partial charge in [-0.15, -0.1) is 0 Å². The zero-order valence-corrected chi connectivity index (χ0v) is 19.6. The number of imidazole rings is 1. The Bertz CT molecular complexity index is 1100. The second kappa shape index (κ2) is 8.83. The third kappa shape index (κ3) is 3.96. The van der Waals surface area contributed by atoms with Crippen LogP contribution in [-0.4, -0.2) is 33.7 Å². The number of halogens is 3. The monoisotopic (exact) mass is 545 g/mol. The topological polar surface area (TPSA) is 78.0 Å². The summed E-state index contributed by atoms with van der Waals surface area (Å²) in [7, 11) is 0. The highest BCUT2D eigenvalue weighted by Crippen LogP contribution is 2.43. The maximum absolute atomic E-state index is 15.2. The minimum atomic E-state index is -0.517. The lowest BCUT2D eigenvalue weighted by molar-refractivity contribution is 0.337. The van der Waals surface area contributed by atoms with Crippen molar-refractivity contribution in [3.63, 3.8) is 0 Å². The number of aryl methyl sites for hydroxylation is 1. The maximum atomic E-state index is 15.2. The summed E-state index contributed by atoms with van der Waals surface area (Å²) in [5.74, 6) is -0.610. The molecule has 0 aliphatic carbocycles. The van der Waals surface area contributed by atoms with Crippen LogP contribution in [0.25, 0.3) is 11.0 Å². The number of hydrogen-bond donors (Lipinski definition) is 2. The number of nitrogens with one attached hydrogen (secondary N) is 1. The highest BCUT2D eigenvalue weighted by Gasteiger charge is 2.29. The van der Waals surface area contributed by atoms with Crippen molar-refractivity contribution in [2.45, 2.75) is 49.3 Å². The number of pyridine rings is 1. The molecule has 3 aromatic rings. The van der Waals surface area contributed by atoms with Crippen molar-refractivity contribution in [3.05, 3.63) is 33.0 Å². The van der Waals surface area contributed by atoms with E-state index in [9.17, 15) is 4.39 Å². The molecule has 0 saturated heterocycles. The molecular formula is C20H22F2IN5OS. The van der Waals surface area contributed by atoms with Crippen LogP contribution in [0, 0.1) is 15.2 Å². The normalized spacial score (nSPS) is 13.3. The van der Waals surface area contributed by atoms with Crippen LogP contribution in [0.4, 0.5) is 14.6 Å². The van der Waals surface area contributed by atoms with Crippen molar-refractivity contribution in [3.8, 4) is 5.75 Å². The number of nitrogen functional groups attached to an aromatic ring is 1. The number of benzene rings is 1. The van der Waals surface area contributed by atoms with Crippen LogP contribution in [0.1, 0.15) is 25.8 Å². The molecule has 2 aromatic heterocycles. The van der Waals surface area contributed by atoms with Gasteiger partial charge in [0.1, 0.15) is 11.3 Å². The first-order chi connectivity index (χ1) is 14.4. The second-order valence-corrected chi connectivity index (χ2v) is 9.41. The summed E-state index contributed by atoms with van der Waals surface area (Å²) in [4.78, 5) is 8.96.